The molecule has 0 aliphatic carbocycles. The second kappa shape index (κ2) is 10.2. The first-order valence-electron chi connectivity index (χ1n) is 8.36. The molecule has 1 rings (SSSR count). The Bertz CT molecular complexity index is 703. The summed E-state index contributed by atoms with van der Waals surface area (Å²) in [6.45, 7) is 8.33. The van der Waals surface area contributed by atoms with Gasteiger partial charge in [-0.2, -0.15) is 0 Å². The number of aliphatic carboxylic acids is 1. The summed E-state index contributed by atoms with van der Waals surface area (Å²) in [6, 6.07) is 7.46. The molecule has 0 fully saturated rings. The first-order valence-corrected chi connectivity index (χ1v) is 8.36. The molecule has 0 amide bonds. The van der Waals surface area contributed by atoms with Gasteiger partial charge in [-0.25, -0.2) is 14.4 Å². The summed E-state index contributed by atoms with van der Waals surface area (Å²) < 4.78 is 10.1. The van der Waals surface area contributed by atoms with Crippen molar-refractivity contribution in [3.05, 3.63) is 60.3 Å². The Labute approximate surface area is 158 Å². The van der Waals surface area contributed by atoms with Gasteiger partial charge in [-0.1, -0.05) is 43.0 Å². The van der Waals surface area contributed by atoms with Gasteiger partial charge >= 0.3 is 17.9 Å². The van der Waals surface area contributed by atoms with Gasteiger partial charge in [0.1, 0.15) is 12.2 Å². The zero-order valence-electron chi connectivity index (χ0n) is 15.7. The van der Waals surface area contributed by atoms with Crippen LogP contribution in [0, 0.1) is 0 Å². The minimum atomic E-state index is -1.49. The summed E-state index contributed by atoms with van der Waals surface area (Å²) >= 11 is 0. The predicted octanol–water partition coefficient (Wildman–Crippen LogP) is 2.23. The predicted molar refractivity (Wildman–Crippen MR) is 99.8 cm³/mol. The van der Waals surface area contributed by atoms with E-state index < -0.39 is 29.6 Å². The smallest absolute Gasteiger partial charge is 0.340 e. The number of hydrogen-bond donors (Lipinski definition) is 2. The number of ether oxygens (including phenoxy) is 2. The molecule has 0 spiro atoms. The fourth-order valence-electron chi connectivity index (χ4n) is 2.01. The number of carbonyl (C=O) groups is 3. The third kappa shape index (κ3) is 8.22. The molecule has 2 N–H and O–H groups in total. The maximum Gasteiger partial charge on any atom is 0.340 e. The first kappa shape index (κ1) is 22.0. The van der Waals surface area contributed by atoms with Crippen molar-refractivity contribution in [3.63, 3.8) is 0 Å². The lowest BCUT2D eigenvalue weighted by molar-refractivity contribution is -0.164. The highest BCUT2D eigenvalue weighted by Crippen LogP contribution is 2.11. The molecule has 146 valence electrons. The number of nitrogens with one attached hydrogen (secondary N) is 1. The van der Waals surface area contributed by atoms with Crippen molar-refractivity contribution in [1.82, 2.24) is 5.32 Å². The van der Waals surface area contributed by atoms with Crippen molar-refractivity contribution in [2.45, 2.75) is 38.8 Å². The lowest BCUT2D eigenvalue weighted by Crippen LogP contribution is -2.45. The van der Waals surface area contributed by atoms with Crippen molar-refractivity contribution < 1.29 is 29.0 Å². The molecule has 0 bridgehead atoms. The SMILES string of the molecule is C=CCOC(=O)C(N/C=C(/Cc1ccccc1)C(=O)O)C(=O)OC(C)(C)C. The average Bonchev–Trinajstić information content (AvgIpc) is 2.58. The first-order chi connectivity index (χ1) is 12.6. The van der Waals surface area contributed by atoms with Gasteiger partial charge in [-0.05, 0) is 26.3 Å². The van der Waals surface area contributed by atoms with Crippen molar-refractivity contribution in [2.24, 2.45) is 0 Å². The van der Waals surface area contributed by atoms with E-state index in [1.807, 2.05) is 6.07 Å². The number of rotatable bonds is 9. The lowest BCUT2D eigenvalue weighted by atomic mass is 10.1. The molecule has 0 heterocycles. The molecule has 0 saturated heterocycles. The molecule has 0 aliphatic heterocycles. The highest BCUT2D eigenvalue weighted by Gasteiger charge is 2.32. The van der Waals surface area contributed by atoms with Crippen LogP contribution in [0.5, 0.6) is 0 Å². The normalized spacial score (nSPS) is 12.6. The molecule has 1 atom stereocenters. The van der Waals surface area contributed by atoms with E-state index in [0.717, 1.165) is 11.8 Å². The van der Waals surface area contributed by atoms with Gasteiger partial charge in [0.2, 0.25) is 6.04 Å². The van der Waals surface area contributed by atoms with Crippen LogP contribution in [0.15, 0.2) is 54.8 Å². The third-order valence-electron chi connectivity index (χ3n) is 3.16. The van der Waals surface area contributed by atoms with Crippen LogP contribution in [-0.4, -0.2) is 41.3 Å². The van der Waals surface area contributed by atoms with Gasteiger partial charge < -0.3 is 19.9 Å². The zero-order valence-corrected chi connectivity index (χ0v) is 15.7. The maximum atomic E-state index is 12.3. The standard InChI is InChI=1S/C20H25NO6/c1-5-11-26-18(24)16(19(25)27-20(2,3)4)21-13-15(17(22)23)12-14-9-7-6-8-10-14/h5-10,13,16,21H,1,11-12H2,2-4H3,(H,22,23)/b15-13-. The largest absolute Gasteiger partial charge is 0.478 e. The van der Waals surface area contributed by atoms with Gasteiger partial charge in [0.05, 0.1) is 5.57 Å². The summed E-state index contributed by atoms with van der Waals surface area (Å²) in [5.74, 6) is -2.92. The average molecular weight is 375 g/mol. The Morgan fingerprint density at radius 2 is 1.81 bits per heavy atom. The Kier molecular flexibility index (Phi) is 8.26. The molecule has 0 aliphatic rings. The van der Waals surface area contributed by atoms with E-state index in [1.165, 1.54) is 6.08 Å². The number of carbonyl (C=O) groups excluding carboxylic acids is 2. The van der Waals surface area contributed by atoms with Crippen molar-refractivity contribution in [1.29, 1.82) is 0 Å². The van der Waals surface area contributed by atoms with Crippen molar-refractivity contribution in [2.75, 3.05) is 6.61 Å². The van der Waals surface area contributed by atoms with E-state index >= 15 is 0 Å². The highest BCUT2D eigenvalue weighted by atomic mass is 16.6. The molecule has 0 aromatic heterocycles. The molecule has 0 saturated carbocycles. The second-order valence-corrected chi connectivity index (χ2v) is 6.69. The van der Waals surface area contributed by atoms with Crippen LogP contribution in [0.1, 0.15) is 26.3 Å². The van der Waals surface area contributed by atoms with Crippen molar-refractivity contribution in [3.8, 4) is 0 Å². The zero-order chi connectivity index (χ0) is 20.4. The Morgan fingerprint density at radius 3 is 2.33 bits per heavy atom. The Morgan fingerprint density at radius 1 is 1.19 bits per heavy atom. The second-order valence-electron chi connectivity index (χ2n) is 6.69. The van der Waals surface area contributed by atoms with Crippen LogP contribution in [-0.2, 0) is 30.3 Å². The van der Waals surface area contributed by atoms with E-state index in [-0.39, 0.29) is 18.6 Å². The van der Waals surface area contributed by atoms with E-state index in [4.69, 9.17) is 9.47 Å². The minimum Gasteiger partial charge on any atom is -0.478 e. The van der Waals surface area contributed by atoms with Crippen LogP contribution in [0.3, 0.4) is 0 Å². The maximum absolute atomic E-state index is 12.3. The summed E-state index contributed by atoms with van der Waals surface area (Å²) in [4.78, 5) is 36.0. The molecule has 7 nitrogen and oxygen atoms in total. The fraction of sp³-hybridized carbons (Fsp3) is 0.350. The molecular formula is C20H25NO6. The van der Waals surface area contributed by atoms with Crippen LogP contribution in [0.4, 0.5) is 0 Å². The molecule has 27 heavy (non-hydrogen) atoms. The Balaban J connectivity index is 3.00. The molecule has 1 aromatic rings. The van der Waals surface area contributed by atoms with E-state index in [0.29, 0.717) is 0 Å². The van der Waals surface area contributed by atoms with E-state index in [1.54, 1.807) is 45.0 Å². The number of esters is 2. The molecular weight excluding hydrogens is 350 g/mol. The van der Waals surface area contributed by atoms with Gasteiger partial charge in [0, 0.05) is 12.6 Å². The van der Waals surface area contributed by atoms with Crippen LogP contribution in [0.2, 0.25) is 0 Å². The van der Waals surface area contributed by atoms with Gasteiger partial charge in [0.25, 0.3) is 0 Å². The Hall–Kier alpha value is -3.09. The van der Waals surface area contributed by atoms with Crippen LogP contribution in [0.25, 0.3) is 0 Å². The number of hydrogen-bond acceptors (Lipinski definition) is 6. The lowest BCUT2D eigenvalue weighted by Gasteiger charge is -2.23. The summed E-state index contributed by atoms with van der Waals surface area (Å²) in [6.07, 6.45) is 2.60. The van der Waals surface area contributed by atoms with Gasteiger partial charge in [-0.15, -0.1) is 0 Å². The van der Waals surface area contributed by atoms with Gasteiger partial charge in [0.15, 0.2) is 0 Å². The summed E-state index contributed by atoms with van der Waals surface area (Å²) in [5, 5.41) is 11.9. The monoisotopic (exact) mass is 375 g/mol. The van der Waals surface area contributed by atoms with Gasteiger partial charge in [-0.3, -0.25) is 0 Å². The molecule has 0 radical (unpaired) electrons. The number of benzene rings is 1. The molecule has 7 heteroatoms. The fourth-order valence-corrected chi connectivity index (χ4v) is 2.01. The molecule has 1 unspecified atom stereocenters. The summed E-state index contributed by atoms with van der Waals surface area (Å²) in [5.41, 5.74) is -0.0682. The molecule has 1 aromatic carbocycles. The number of carboxylic acid groups (broad SMARTS) is 1. The van der Waals surface area contributed by atoms with Crippen LogP contribution >= 0.6 is 0 Å². The van der Waals surface area contributed by atoms with Crippen molar-refractivity contribution >= 4 is 17.9 Å². The quantitative estimate of drug-likeness (QED) is 0.295. The third-order valence-corrected chi connectivity index (χ3v) is 3.16. The topological polar surface area (TPSA) is 102 Å². The van der Waals surface area contributed by atoms with Crippen LogP contribution < -0.4 is 5.32 Å². The van der Waals surface area contributed by atoms with E-state index in [9.17, 15) is 19.5 Å². The minimum absolute atomic E-state index is 0.0220. The highest BCUT2D eigenvalue weighted by molar-refractivity contribution is 5.99. The summed E-state index contributed by atoms with van der Waals surface area (Å²) in [7, 11) is 0. The van der Waals surface area contributed by atoms with E-state index in [2.05, 4.69) is 11.9 Å². The number of carboxylic acids is 1.